The van der Waals surface area contributed by atoms with Gasteiger partial charge in [-0.2, -0.15) is 0 Å². The molecule has 0 aromatic carbocycles. The summed E-state index contributed by atoms with van der Waals surface area (Å²) in [5.41, 5.74) is 0. The van der Waals surface area contributed by atoms with E-state index in [1.807, 2.05) is 0 Å². The fraction of sp³-hybridized carbons (Fsp3) is 0.429. The van der Waals surface area contributed by atoms with Gasteiger partial charge in [-0.1, -0.05) is 11.6 Å². The first-order valence-electron chi connectivity index (χ1n) is 3.54. The molecule has 1 aromatic heterocycles. The van der Waals surface area contributed by atoms with E-state index in [0.717, 1.165) is 11.3 Å². The number of aliphatic hydroxyl groups excluding tert-OH is 1. The highest BCUT2D eigenvalue weighted by Crippen LogP contribution is 2.28. The number of halogens is 1. The van der Waals surface area contributed by atoms with Crippen LogP contribution < -0.4 is 0 Å². The van der Waals surface area contributed by atoms with Crippen LogP contribution in [0.15, 0.2) is 6.20 Å². The summed E-state index contributed by atoms with van der Waals surface area (Å²) in [5, 5.41) is 18.4. The van der Waals surface area contributed by atoms with Crippen LogP contribution in [0.3, 0.4) is 0 Å². The molecule has 1 heterocycles. The first-order valence-corrected chi connectivity index (χ1v) is 4.74. The predicted molar refractivity (Wildman–Crippen MR) is 48.9 cm³/mol. The Morgan fingerprint density at radius 1 is 1.77 bits per heavy atom. The highest BCUT2D eigenvalue weighted by atomic mass is 35.5. The summed E-state index contributed by atoms with van der Waals surface area (Å²) in [6.45, 7) is 1.42. The SMILES string of the molecule is CC(C(=O)O)C(O)c1ncc(Cl)s1. The van der Waals surface area contributed by atoms with Gasteiger partial charge < -0.3 is 10.2 Å². The molecule has 72 valence electrons. The standard InChI is InChI=1S/C7H8ClNO3S/c1-3(7(11)12)5(10)6-9-2-4(8)13-6/h2-3,5,10H,1H3,(H,11,12). The van der Waals surface area contributed by atoms with Crippen molar-refractivity contribution in [3.05, 3.63) is 15.5 Å². The molecule has 2 unspecified atom stereocenters. The molecule has 0 aliphatic carbocycles. The van der Waals surface area contributed by atoms with E-state index >= 15 is 0 Å². The van der Waals surface area contributed by atoms with Crippen LogP contribution in [0, 0.1) is 5.92 Å². The Kier molecular flexibility index (Phi) is 3.24. The van der Waals surface area contributed by atoms with E-state index in [0.29, 0.717) is 9.34 Å². The minimum Gasteiger partial charge on any atom is -0.481 e. The minimum absolute atomic E-state index is 0.333. The molecule has 0 radical (unpaired) electrons. The lowest BCUT2D eigenvalue weighted by Gasteiger charge is -2.11. The topological polar surface area (TPSA) is 70.4 Å². The molecular weight excluding hydrogens is 214 g/mol. The van der Waals surface area contributed by atoms with Crippen molar-refractivity contribution >= 4 is 28.9 Å². The van der Waals surface area contributed by atoms with Crippen LogP contribution in [-0.4, -0.2) is 21.2 Å². The maximum atomic E-state index is 10.5. The molecule has 6 heteroatoms. The predicted octanol–water partition coefficient (Wildman–Crippen LogP) is 1.55. The van der Waals surface area contributed by atoms with Crippen molar-refractivity contribution in [1.29, 1.82) is 0 Å². The van der Waals surface area contributed by atoms with Gasteiger partial charge in [-0.3, -0.25) is 4.79 Å². The molecule has 13 heavy (non-hydrogen) atoms. The molecule has 0 aliphatic heterocycles. The second-order valence-corrected chi connectivity index (χ2v) is 4.27. The maximum Gasteiger partial charge on any atom is 0.309 e. The number of rotatable bonds is 3. The molecule has 0 amide bonds. The zero-order chi connectivity index (χ0) is 10.0. The van der Waals surface area contributed by atoms with E-state index in [1.165, 1.54) is 13.1 Å². The summed E-state index contributed by atoms with van der Waals surface area (Å²) in [5.74, 6) is -1.93. The third-order valence-corrected chi connectivity index (χ3v) is 2.80. The summed E-state index contributed by atoms with van der Waals surface area (Å²) >= 11 is 6.67. The van der Waals surface area contributed by atoms with Gasteiger partial charge in [0.05, 0.1) is 12.1 Å². The molecule has 4 nitrogen and oxygen atoms in total. The van der Waals surface area contributed by atoms with E-state index in [9.17, 15) is 9.90 Å². The van der Waals surface area contributed by atoms with Gasteiger partial charge in [-0.15, -0.1) is 11.3 Å². The third kappa shape index (κ3) is 2.40. The molecule has 2 atom stereocenters. The van der Waals surface area contributed by atoms with Crippen molar-refractivity contribution in [1.82, 2.24) is 4.98 Å². The number of hydrogen-bond donors (Lipinski definition) is 2. The molecular formula is C7H8ClNO3S. The smallest absolute Gasteiger partial charge is 0.309 e. The number of carboxylic acids is 1. The average molecular weight is 222 g/mol. The van der Waals surface area contributed by atoms with Gasteiger partial charge in [0.25, 0.3) is 0 Å². The van der Waals surface area contributed by atoms with Gasteiger partial charge in [0.1, 0.15) is 15.4 Å². The Morgan fingerprint density at radius 2 is 2.38 bits per heavy atom. The number of thiazole rings is 1. The zero-order valence-electron chi connectivity index (χ0n) is 6.77. The number of aliphatic carboxylic acids is 1. The molecule has 2 N–H and O–H groups in total. The van der Waals surface area contributed by atoms with Gasteiger partial charge in [0.15, 0.2) is 0 Å². The average Bonchev–Trinajstić information content (AvgIpc) is 2.49. The van der Waals surface area contributed by atoms with E-state index in [1.54, 1.807) is 0 Å². The van der Waals surface area contributed by atoms with Crippen LogP contribution in [0.25, 0.3) is 0 Å². The van der Waals surface area contributed by atoms with E-state index in [4.69, 9.17) is 16.7 Å². The molecule has 0 saturated heterocycles. The summed E-state index contributed by atoms with van der Waals surface area (Å²) in [6, 6.07) is 0. The minimum atomic E-state index is -1.09. The largest absolute Gasteiger partial charge is 0.481 e. The summed E-state index contributed by atoms with van der Waals surface area (Å²) in [4.78, 5) is 14.3. The van der Waals surface area contributed by atoms with Gasteiger partial charge >= 0.3 is 5.97 Å². The van der Waals surface area contributed by atoms with Crippen molar-refractivity contribution in [2.24, 2.45) is 5.92 Å². The number of hydrogen-bond acceptors (Lipinski definition) is 4. The quantitative estimate of drug-likeness (QED) is 0.813. The van der Waals surface area contributed by atoms with Crippen molar-refractivity contribution in [3.8, 4) is 0 Å². The second kappa shape index (κ2) is 4.04. The highest BCUT2D eigenvalue weighted by molar-refractivity contribution is 7.15. The molecule has 1 rings (SSSR count). The number of aliphatic hydroxyl groups is 1. The van der Waals surface area contributed by atoms with E-state index in [2.05, 4.69) is 4.98 Å². The number of carbonyl (C=O) groups is 1. The van der Waals surface area contributed by atoms with Crippen LogP contribution in [0.1, 0.15) is 18.0 Å². The van der Waals surface area contributed by atoms with E-state index in [-0.39, 0.29) is 0 Å². The van der Waals surface area contributed by atoms with Crippen LogP contribution in [0.2, 0.25) is 4.34 Å². The van der Waals surface area contributed by atoms with Gasteiger partial charge in [-0.25, -0.2) is 4.98 Å². The van der Waals surface area contributed by atoms with Crippen molar-refractivity contribution in [2.75, 3.05) is 0 Å². The Labute approximate surface area is 83.8 Å². The van der Waals surface area contributed by atoms with E-state index < -0.39 is 18.0 Å². The molecule has 0 spiro atoms. The third-order valence-electron chi connectivity index (χ3n) is 1.61. The second-order valence-electron chi connectivity index (χ2n) is 2.57. The maximum absolute atomic E-state index is 10.5. The summed E-state index contributed by atoms with van der Waals surface area (Å²) in [6.07, 6.45) is 0.300. The normalized spacial score (nSPS) is 15.3. The fourth-order valence-electron chi connectivity index (χ4n) is 0.753. The molecule has 0 fully saturated rings. The first-order chi connectivity index (χ1) is 6.02. The Bertz CT molecular complexity index is 314. The van der Waals surface area contributed by atoms with Crippen molar-refractivity contribution < 1.29 is 15.0 Å². The lowest BCUT2D eigenvalue weighted by molar-refractivity contribution is -0.145. The van der Waals surface area contributed by atoms with Crippen molar-refractivity contribution in [2.45, 2.75) is 13.0 Å². The van der Waals surface area contributed by atoms with Crippen molar-refractivity contribution in [3.63, 3.8) is 0 Å². The Balaban J connectivity index is 2.78. The number of nitrogens with zero attached hydrogens (tertiary/aromatic N) is 1. The molecule has 0 bridgehead atoms. The molecule has 1 aromatic rings. The molecule has 0 saturated carbocycles. The van der Waals surface area contributed by atoms with Gasteiger partial charge in [0, 0.05) is 0 Å². The number of aromatic nitrogens is 1. The van der Waals surface area contributed by atoms with Crippen LogP contribution in [-0.2, 0) is 4.79 Å². The Hall–Kier alpha value is -0.650. The molecule has 0 aliphatic rings. The summed E-state index contributed by atoms with van der Waals surface area (Å²) in [7, 11) is 0. The monoisotopic (exact) mass is 221 g/mol. The highest BCUT2D eigenvalue weighted by Gasteiger charge is 2.25. The Morgan fingerprint density at radius 3 is 2.77 bits per heavy atom. The fourth-order valence-corrected chi connectivity index (χ4v) is 1.77. The zero-order valence-corrected chi connectivity index (χ0v) is 8.34. The van der Waals surface area contributed by atoms with Gasteiger partial charge in [0.2, 0.25) is 0 Å². The lowest BCUT2D eigenvalue weighted by Crippen LogP contribution is -2.18. The van der Waals surface area contributed by atoms with Gasteiger partial charge in [-0.05, 0) is 6.92 Å². The van der Waals surface area contributed by atoms with Crippen LogP contribution in [0.4, 0.5) is 0 Å². The van der Waals surface area contributed by atoms with Crippen LogP contribution >= 0.6 is 22.9 Å². The first kappa shape index (κ1) is 10.4. The lowest BCUT2D eigenvalue weighted by atomic mass is 10.1. The number of carboxylic acid groups (broad SMARTS) is 1. The summed E-state index contributed by atoms with van der Waals surface area (Å²) < 4.78 is 0.437. The van der Waals surface area contributed by atoms with Crippen LogP contribution in [0.5, 0.6) is 0 Å².